The summed E-state index contributed by atoms with van der Waals surface area (Å²) in [7, 11) is 1.38. The van der Waals surface area contributed by atoms with Crippen LogP contribution in [0.1, 0.15) is 5.56 Å². The molecule has 98 valence electrons. The number of carbonyl (C=O) groups is 2. The predicted molar refractivity (Wildman–Crippen MR) is 71.8 cm³/mol. The summed E-state index contributed by atoms with van der Waals surface area (Å²) in [6.45, 7) is 0. The Morgan fingerprint density at radius 1 is 1.42 bits per heavy atom. The second kappa shape index (κ2) is 5.02. The number of hydrogen-bond acceptors (Lipinski definition) is 5. The van der Waals surface area contributed by atoms with Crippen LogP contribution < -0.4 is 0 Å². The Kier molecular flexibility index (Phi) is 3.59. The molecule has 0 aliphatic carbocycles. The fraction of sp³-hybridized carbons (Fsp3) is 0.0909. The topological polar surface area (TPSA) is 80.5 Å². The van der Waals surface area contributed by atoms with E-state index in [0.29, 0.717) is 5.56 Å². The van der Waals surface area contributed by atoms with Gasteiger partial charge >= 0.3 is 0 Å². The minimum atomic E-state index is -0.606. The van der Waals surface area contributed by atoms with Crippen molar-refractivity contribution in [2.45, 2.75) is 0 Å². The molecule has 1 heterocycles. The van der Waals surface area contributed by atoms with E-state index in [4.69, 9.17) is 11.6 Å². The third-order valence-corrected chi connectivity index (χ3v) is 3.73. The van der Waals surface area contributed by atoms with Gasteiger partial charge in [0.25, 0.3) is 16.8 Å². The van der Waals surface area contributed by atoms with Crippen LogP contribution in [0.4, 0.5) is 10.5 Å². The zero-order valence-electron chi connectivity index (χ0n) is 9.62. The summed E-state index contributed by atoms with van der Waals surface area (Å²) >= 11 is 6.48. The molecule has 0 N–H and O–H groups in total. The molecule has 0 saturated carbocycles. The third-order valence-electron chi connectivity index (χ3n) is 2.45. The van der Waals surface area contributed by atoms with E-state index in [1.807, 2.05) is 0 Å². The molecule has 0 bridgehead atoms. The maximum absolute atomic E-state index is 11.7. The summed E-state index contributed by atoms with van der Waals surface area (Å²) in [6.07, 6.45) is 1.43. The highest BCUT2D eigenvalue weighted by Crippen LogP contribution is 2.32. The molecule has 8 heteroatoms. The molecular weight excluding hydrogens is 292 g/mol. The summed E-state index contributed by atoms with van der Waals surface area (Å²) in [6, 6.07) is 4.17. The van der Waals surface area contributed by atoms with Gasteiger partial charge in [0.15, 0.2) is 0 Å². The average molecular weight is 299 g/mol. The molecule has 0 atom stereocenters. The Balaban J connectivity index is 2.39. The van der Waals surface area contributed by atoms with E-state index in [2.05, 4.69) is 0 Å². The molecule has 0 radical (unpaired) electrons. The van der Waals surface area contributed by atoms with Crippen molar-refractivity contribution in [3.8, 4) is 0 Å². The van der Waals surface area contributed by atoms with Gasteiger partial charge in [0.2, 0.25) is 0 Å². The average Bonchev–Trinajstić information content (AvgIpc) is 2.59. The Labute approximate surface area is 117 Å². The number of imide groups is 1. The summed E-state index contributed by atoms with van der Waals surface area (Å²) in [4.78, 5) is 34.3. The lowest BCUT2D eigenvalue weighted by molar-refractivity contribution is -0.384. The number of likely N-dealkylation sites (N-methyl/N-ethyl adjacent to an activating group) is 1. The number of halogens is 1. The van der Waals surface area contributed by atoms with E-state index in [1.54, 1.807) is 6.07 Å². The normalized spacial score (nSPS) is 17.4. The highest BCUT2D eigenvalue weighted by atomic mass is 35.5. The Morgan fingerprint density at radius 2 is 2.11 bits per heavy atom. The largest absolute Gasteiger partial charge is 0.293 e. The van der Waals surface area contributed by atoms with Crippen molar-refractivity contribution in [3.63, 3.8) is 0 Å². The number of hydrogen-bond donors (Lipinski definition) is 0. The number of nitrogens with zero attached hydrogens (tertiary/aromatic N) is 2. The van der Waals surface area contributed by atoms with Gasteiger partial charge in [0.1, 0.15) is 5.02 Å². The van der Waals surface area contributed by atoms with E-state index in [1.165, 1.54) is 25.3 Å². The van der Waals surface area contributed by atoms with Crippen LogP contribution in [0.15, 0.2) is 23.1 Å². The van der Waals surface area contributed by atoms with E-state index in [0.717, 1.165) is 16.7 Å². The van der Waals surface area contributed by atoms with Gasteiger partial charge in [-0.15, -0.1) is 0 Å². The van der Waals surface area contributed by atoms with Crippen LogP contribution in [0.25, 0.3) is 6.08 Å². The van der Waals surface area contributed by atoms with E-state index >= 15 is 0 Å². The monoisotopic (exact) mass is 298 g/mol. The molecule has 2 rings (SSSR count). The van der Waals surface area contributed by atoms with Gasteiger partial charge in [-0.05, 0) is 29.5 Å². The van der Waals surface area contributed by atoms with Crippen LogP contribution in [-0.2, 0) is 4.79 Å². The maximum atomic E-state index is 11.7. The Morgan fingerprint density at radius 3 is 2.63 bits per heavy atom. The third kappa shape index (κ3) is 2.61. The molecule has 1 aromatic carbocycles. The molecular formula is C11H7ClN2O4S. The summed E-state index contributed by atoms with van der Waals surface area (Å²) in [5.41, 5.74) is 0.196. The van der Waals surface area contributed by atoms with Crippen molar-refractivity contribution in [3.05, 3.63) is 43.8 Å². The van der Waals surface area contributed by atoms with Crippen molar-refractivity contribution in [1.82, 2.24) is 4.90 Å². The molecule has 1 aliphatic heterocycles. The van der Waals surface area contributed by atoms with E-state index in [-0.39, 0.29) is 20.9 Å². The zero-order chi connectivity index (χ0) is 14.2. The van der Waals surface area contributed by atoms with Gasteiger partial charge in [0, 0.05) is 13.1 Å². The van der Waals surface area contributed by atoms with Gasteiger partial charge in [-0.2, -0.15) is 0 Å². The molecule has 0 aromatic heterocycles. The number of thioether (sulfide) groups is 1. The highest BCUT2D eigenvalue weighted by molar-refractivity contribution is 8.18. The van der Waals surface area contributed by atoms with Gasteiger partial charge in [0.05, 0.1) is 9.83 Å². The van der Waals surface area contributed by atoms with E-state index < -0.39 is 10.8 Å². The second-order valence-electron chi connectivity index (χ2n) is 3.71. The summed E-state index contributed by atoms with van der Waals surface area (Å²) in [5.74, 6) is -0.424. The first-order valence-electron chi connectivity index (χ1n) is 5.05. The Hall–Kier alpha value is -1.86. The molecule has 1 fully saturated rings. The fourth-order valence-corrected chi connectivity index (χ4v) is 2.47. The number of amides is 2. The lowest BCUT2D eigenvalue weighted by atomic mass is 10.2. The minimum absolute atomic E-state index is 0.0192. The van der Waals surface area contributed by atoms with Crippen molar-refractivity contribution in [2.24, 2.45) is 0 Å². The number of carbonyl (C=O) groups excluding carboxylic acids is 2. The molecule has 1 aromatic rings. The SMILES string of the molecule is CN1C(=O)S/C(=C\c2ccc(Cl)c([N+](=O)[O-])c2)C1=O. The first kappa shape index (κ1) is 13.6. The van der Waals surface area contributed by atoms with E-state index in [9.17, 15) is 19.7 Å². The maximum Gasteiger partial charge on any atom is 0.293 e. The fourth-order valence-electron chi connectivity index (χ4n) is 1.46. The van der Waals surface area contributed by atoms with Crippen LogP contribution in [0.5, 0.6) is 0 Å². The summed E-state index contributed by atoms with van der Waals surface area (Å²) < 4.78 is 0. The van der Waals surface area contributed by atoms with Gasteiger partial charge in [-0.1, -0.05) is 17.7 Å². The van der Waals surface area contributed by atoms with Gasteiger partial charge in [-0.3, -0.25) is 24.6 Å². The van der Waals surface area contributed by atoms with Crippen molar-refractivity contribution in [2.75, 3.05) is 7.05 Å². The molecule has 1 saturated heterocycles. The molecule has 1 aliphatic rings. The van der Waals surface area contributed by atoms with Crippen molar-refractivity contribution >= 4 is 46.3 Å². The van der Waals surface area contributed by atoms with Crippen LogP contribution in [0.3, 0.4) is 0 Å². The lowest BCUT2D eigenvalue weighted by Crippen LogP contribution is -2.22. The smallest absolute Gasteiger partial charge is 0.272 e. The van der Waals surface area contributed by atoms with Crippen LogP contribution >= 0.6 is 23.4 Å². The van der Waals surface area contributed by atoms with Crippen LogP contribution in [-0.4, -0.2) is 28.0 Å². The van der Waals surface area contributed by atoms with Gasteiger partial charge in [-0.25, -0.2) is 0 Å². The molecule has 0 spiro atoms. The second-order valence-corrected chi connectivity index (χ2v) is 5.11. The van der Waals surface area contributed by atoms with Crippen LogP contribution in [0, 0.1) is 10.1 Å². The zero-order valence-corrected chi connectivity index (χ0v) is 11.2. The number of benzene rings is 1. The van der Waals surface area contributed by atoms with Crippen molar-refractivity contribution in [1.29, 1.82) is 0 Å². The quantitative estimate of drug-likeness (QED) is 0.476. The molecule has 2 amide bonds. The predicted octanol–water partition coefficient (Wildman–Crippen LogP) is 2.91. The number of rotatable bonds is 2. The number of nitro benzene ring substituents is 1. The number of nitro groups is 1. The standard InChI is InChI=1S/C11H7ClN2O4S/c1-13-10(15)9(19-11(13)16)5-6-2-3-7(12)8(4-6)14(17)18/h2-5H,1H3/b9-5-. The minimum Gasteiger partial charge on any atom is -0.272 e. The van der Waals surface area contributed by atoms with Crippen LogP contribution in [0.2, 0.25) is 5.02 Å². The Bertz CT molecular complexity index is 629. The molecule has 6 nitrogen and oxygen atoms in total. The first-order chi connectivity index (χ1) is 8.90. The summed E-state index contributed by atoms with van der Waals surface area (Å²) in [5, 5.41) is 10.4. The lowest BCUT2D eigenvalue weighted by Gasteiger charge is -2.01. The molecule has 0 unspecified atom stereocenters. The van der Waals surface area contributed by atoms with Gasteiger partial charge < -0.3 is 0 Å². The molecule has 19 heavy (non-hydrogen) atoms. The highest BCUT2D eigenvalue weighted by Gasteiger charge is 2.31. The first-order valence-corrected chi connectivity index (χ1v) is 6.25. The van der Waals surface area contributed by atoms with Crippen molar-refractivity contribution < 1.29 is 14.5 Å².